The van der Waals surface area contributed by atoms with Crippen LogP contribution in [0.1, 0.15) is 51.2 Å². The molecule has 4 rings (SSSR count). The highest BCUT2D eigenvalue weighted by Crippen LogP contribution is 2.47. The first-order valence-electron chi connectivity index (χ1n) is 9.59. The number of rotatable bonds is 3. The number of guanidine groups is 1. The lowest BCUT2D eigenvalue weighted by Crippen LogP contribution is -2.41. The van der Waals surface area contributed by atoms with Gasteiger partial charge >= 0.3 is 0 Å². The highest BCUT2D eigenvalue weighted by Gasteiger charge is 2.53. The average Bonchev–Trinajstić information content (AvgIpc) is 3.32. The summed E-state index contributed by atoms with van der Waals surface area (Å²) in [6.07, 6.45) is 3.50. The Morgan fingerprint density at radius 3 is 2.50 bits per heavy atom. The van der Waals surface area contributed by atoms with Crippen molar-refractivity contribution in [2.75, 3.05) is 19.6 Å². The second-order valence-electron chi connectivity index (χ2n) is 8.57. The van der Waals surface area contributed by atoms with E-state index < -0.39 is 0 Å². The third-order valence-corrected chi connectivity index (χ3v) is 6.60. The van der Waals surface area contributed by atoms with E-state index in [2.05, 4.69) is 43.3 Å². The Bertz CT molecular complexity index is 638. The van der Waals surface area contributed by atoms with E-state index in [-0.39, 0.29) is 29.4 Å². The van der Waals surface area contributed by atoms with Crippen molar-refractivity contribution in [2.45, 2.75) is 64.7 Å². The fourth-order valence-electron chi connectivity index (χ4n) is 4.43. The molecule has 146 valence electrons. The lowest BCUT2D eigenvalue weighted by Gasteiger charge is -2.23. The lowest BCUT2D eigenvalue weighted by molar-refractivity contribution is 0.0767. The monoisotopic (exact) mass is 490 g/mol. The number of nitrogens with one attached hydrogen (secondary N) is 1. The molecule has 4 atom stereocenters. The minimum absolute atomic E-state index is 0. The number of ether oxygens (including phenoxy) is 1. The minimum atomic E-state index is 0. The van der Waals surface area contributed by atoms with Crippen LogP contribution in [-0.4, -0.2) is 47.7 Å². The van der Waals surface area contributed by atoms with Gasteiger partial charge in [-0.25, -0.2) is 9.98 Å². The fourth-order valence-corrected chi connectivity index (χ4v) is 5.37. The highest BCUT2D eigenvalue weighted by atomic mass is 127. The second kappa shape index (κ2) is 7.91. The molecule has 3 saturated heterocycles. The van der Waals surface area contributed by atoms with E-state index in [1.807, 2.05) is 0 Å². The van der Waals surface area contributed by atoms with Crippen molar-refractivity contribution in [3.8, 4) is 0 Å². The zero-order chi connectivity index (χ0) is 17.6. The molecule has 3 aliphatic heterocycles. The number of hydrogen-bond donors (Lipinski definition) is 1. The van der Waals surface area contributed by atoms with Gasteiger partial charge in [0, 0.05) is 42.3 Å². The molecule has 3 aliphatic rings. The Morgan fingerprint density at radius 2 is 1.96 bits per heavy atom. The van der Waals surface area contributed by atoms with Crippen molar-refractivity contribution in [2.24, 2.45) is 16.8 Å². The third kappa shape index (κ3) is 3.90. The van der Waals surface area contributed by atoms with Gasteiger partial charge in [-0.1, -0.05) is 20.8 Å². The molecule has 0 radical (unpaired) electrons. The van der Waals surface area contributed by atoms with Gasteiger partial charge in [-0.05, 0) is 19.8 Å². The van der Waals surface area contributed by atoms with Crippen LogP contribution in [0.3, 0.4) is 0 Å². The Labute approximate surface area is 178 Å². The molecule has 26 heavy (non-hydrogen) atoms. The van der Waals surface area contributed by atoms with Crippen LogP contribution in [0.25, 0.3) is 0 Å². The van der Waals surface area contributed by atoms with Gasteiger partial charge in [0.05, 0.1) is 24.4 Å². The number of thiazole rings is 1. The van der Waals surface area contributed by atoms with Crippen molar-refractivity contribution in [1.29, 1.82) is 0 Å². The van der Waals surface area contributed by atoms with Gasteiger partial charge in [0.1, 0.15) is 5.01 Å². The van der Waals surface area contributed by atoms with E-state index in [9.17, 15) is 0 Å². The third-order valence-electron chi connectivity index (χ3n) is 5.77. The summed E-state index contributed by atoms with van der Waals surface area (Å²) in [5.41, 5.74) is 1.27. The van der Waals surface area contributed by atoms with Gasteiger partial charge in [0.25, 0.3) is 0 Å². The summed E-state index contributed by atoms with van der Waals surface area (Å²) in [7, 11) is 0. The zero-order valence-corrected chi connectivity index (χ0v) is 19.3. The SMILES string of the molecule is CCNC(=NCc1nc(C(C)(C)C)cs1)N1CC2C3CCC(O3)C2C1.I. The van der Waals surface area contributed by atoms with Crippen LogP contribution in [0.4, 0.5) is 0 Å². The molecule has 0 spiro atoms. The molecule has 7 heteroatoms. The molecule has 4 unspecified atom stereocenters. The first-order valence-corrected chi connectivity index (χ1v) is 10.5. The van der Waals surface area contributed by atoms with E-state index in [0.29, 0.717) is 30.6 Å². The summed E-state index contributed by atoms with van der Waals surface area (Å²) in [4.78, 5) is 12.1. The van der Waals surface area contributed by atoms with E-state index in [0.717, 1.165) is 36.3 Å². The fraction of sp³-hybridized carbons (Fsp3) is 0.789. The predicted molar refractivity (Wildman–Crippen MR) is 117 cm³/mol. The summed E-state index contributed by atoms with van der Waals surface area (Å²) < 4.78 is 6.10. The number of halogens is 1. The normalized spacial score (nSPS) is 30.5. The summed E-state index contributed by atoms with van der Waals surface area (Å²) in [6, 6.07) is 0. The molecule has 0 amide bonds. The van der Waals surface area contributed by atoms with Crippen molar-refractivity contribution in [3.05, 3.63) is 16.1 Å². The van der Waals surface area contributed by atoms with Gasteiger partial charge in [-0.15, -0.1) is 35.3 Å². The van der Waals surface area contributed by atoms with Crippen molar-refractivity contribution >= 4 is 41.3 Å². The number of likely N-dealkylation sites (tertiary alicyclic amines) is 1. The molecular formula is C19H31IN4OS. The molecule has 1 aromatic heterocycles. The smallest absolute Gasteiger partial charge is 0.194 e. The van der Waals surface area contributed by atoms with Crippen LogP contribution < -0.4 is 5.32 Å². The first-order chi connectivity index (χ1) is 12.0. The quantitative estimate of drug-likeness (QED) is 0.400. The number of fused-ring (bicyclic) bond motifs is 5. The maximum absolute atomic E-state index is 6.10. The van der Waals surface area contributed by atoms with E-state index in [4.69, 9.17) is 14.7 Å². The van der Waals surface area contributed by atoms with Crippen molar-refractivity contribution in [1.82, 2.24) is 15.2 Å². The molecule has 0 aromatic carbocycles. The number of hydrogen-bond acceptors (Lipinski definition) is 4. The van der Waals surface area contributed by atoms with Crippen LogP contribution in [0, 0.1) is 11.8 Å². The van der Waals surface area contributed by atoms with Crippen LogP contribution in [-0.2, 0) is 16.7 Å². The topological polar surface area (TPSA) is 49.8 Å². The van der Waals surface area contributed by atoms with Gasteiger partial charge in [-0.2, -0.15) is 0 Å². The number of aromatic nitrogens is 1. The Hall–Kier alpha value is -0.410. The summed E-state index contributed by atoms with van der Waals surface area (Å²) in [5, 5.41) is 6.76. The van der Waals surface area contributed by atoms with Gasteiger partial charge in [0.15, 0.2) is 5.96 Å². The molecule has 0 saturated carbocycles. The van der Waals surface area contributed by atoms with Crippen LogP contribution >= 0.6 is 35.3 Å². The summed E-state index contributed by atoms with van der Waals surface area (Å²) >= 11 is 1.72. The Morgan fingerprint density at radius 1 is 1.31 bits per heavy atom. The predicted octanol–water partition coefficient (Wildman–Crippen LogP) is 3.63. The van der Waals surface area contributed by atoms with Crippen molar-refractivity contribution in [3.63, 3.8) is 0 Å². The number of aliphatic imine (C=N–C) groups is 1. The Balaban J connectivity index is 0.00000196. The molecule has 4 heterocycles. The largest absolute Gasteiger partial charge is 0.374 e. The summed E-state index contributed by atoms with van der Waals surface area (Å²) in [5.74, 6) is 2.45. The first kappa shape index (κ1) is 20.3. The van der Waals surface area contributed by atoms with Crippen LogP contribution in [0.2, 0.25) is 0 Å². The molecule has 0 aliphatic carbocycles. The maximum atomic E-state index is 6.10. The maximum Gasteiger partial charge on any atom is 0.194 e. The van der Waals surface area contributed by atoms with Gasteiger partial charge in [0.2, 0.25) is 0 Å². The molecule has 5 nitrogen and oxygen atoms in total. The van der Waals surface area contributed by atoms with Crippen LogP contribution in [0.5, 0.6) is 0 Å². The van der Waals surface area contributed by atoms with Crippen LogP contribution in [0.15, 0.2) is 10.4 Å². The number of nitrogens with zero attached hydrogens (tertiary/aromatic N) is 3. The molecule has 2 bridgehead atoms. The average molecular weight is 490 g/mol. The lowest BCUT2D eigenvalue weighted by atomic mass is 9.82. The summed E-state index contributed by atoms with van der Waals surface area (Å²) in [6.45, 7) is 12.5. The van der Waals surface area contributed by atoms with Crippen molar-refractivity contribution < 1.29 is 4.74 Å². The standard InChI is InChI=1S/C19H30N4OS.HI/c1-5-20-18(21-8-17-22-16(11-25-17)19(2,3)4)23-9-12-13(10-23)15-7-6-14(12)24-15;/h11-15H,5-10H2,1-4H3,(H,20,21);1H. The zero-order valence-electron chi connectivity index (χ0n) is 16.2. The van der Waals surface area contributed by atoms with Gasteiger partial charge in [-0.3, -0.25) is 0 Å². The van der Waals surface area contributed by atoms with Gasteiger partial charge < -0.3 is 15.0 Å². The van der Waals surface area contributed by atoms with E-state index >= 15 is 0 Å². The molecule has 1 N–H and O–H groups in total. The minimum Gasteiger partial charge on any atom is -0.374 e. The Kier molecular flexibility index (Phi) is 6.19. The molecule has 1 aromatic rings. The van der Waals surface area contributed by atoms with E-state index in [1.165, 1.54) is 12.8 Å². The van der Waals surface area contributed by atoms with E-state index in [1.54, 1.807) is 11.3 Å². The molecule has 3 fully saturated rings. The molecular weight excluding hydrogens is 459 g/mol. The highest BCUT2D eigenvalue weighted by molar-refractivity contribution is 14.0. The second-order valence-corrected chi connectivity index (χ2v) is 9.51.